The number of halogens is 2. The Labute approximate surface area is 109 Å². The maximum Gasteiger partial charge on any atom is 0.150 e. The largest absolute Gasteiger partial charge is 0.205 e. The molecule has 1 nitrogen and oxygen atoms in total. The van der Waals surface area contributed by atoms with E-state index in [0.29, 0.717) is 5.02 Å². The first-order valence-electron chi connectivity index (χ1n) is 4.84. The van der Waals surface area contributed by atoms with Gasteiger partial charge in [0.1, 0.15) is 11.5 Å². The summed E-state index contributed by atoms with van der Waals surface area (Å²) in [5.41, 5.74) is 1.85. The molecule has 0 spiro atoms. The molecule has 4 heteroatoms. The monoisotopic (exact) mass is 263 g/mol. The molecule has 2 aromatic rings. The minimum atomic E-state index is -0.421. The van der Waals surface area contributed by atoms with Crippen LogP contribution >= 0.6 is 23.8 Å². The summed E-state index contributed by atoms with van der Waals surface area (Å²) in [7, 11) is 0. The fourth-order valence-electron chi connectivity index (χ4n) is 1.47. The first kappa shape index (κ1) is 11.9. The number of hydrogen-bond donors (Lipinski definition) is 0. The zero-order chi connectivity index (χ0) is 12.3. The lowest BCUT2D eigenvalue weighted by molar-refractivity contribution is 0.630. The number of benzene rings is 2. The number of aliphatic imine (C=N–C) groups is 1. The molecule has 0 amide bonds. The van der Waals surface area contributed by atoms with Crippen LogP contribution in [0.4, 0.5) is 10.1 Å². The average molecular weight is 264 g/mol. The number of thiocarbonyl (C=S) groups is 1. The van der Waals surface area contributed by atoms with E-state index in [4.69, 9.17) is 11.6 Å². The van der Waals surface area contributed by atoms with Crippen LogP contribution in [0.25, 0.3) is 11.1 Å². The van der Waals surface area contributed by atoms with Gasteiger partial charge in [-0.1, -0.05) is 29.8 Å². The van der Waals surface area contributed by atoms with Crippen LogP contribution in [0.5, 0.6) is 0 Å². The minimum Gasteiger partial charge on any atom is -0.205 e. The molecule has 17 heavy (non-hydrogen) atoms. The quantitative estimate of drug-likeness (QED) is 0.556. The summed E-state index contributed by atoms with van der Waals surface area (Å²) < 4.78 is 13.6. The highest BCUT2D eigenvalue weighted by atomic mass is 35.5. The minimum absolute atomic E-state index is 0.192. The van der Waals surface area contributed by atoms with Gasteiger partial charge in [-0.3, -0.25) is 0 Å². The Hall–Kier alpha value is -1.54. The number of rotatable bonds is 2. The lowest BCUT2D eigenvalue weighted by Gasteiger charge is -2.03. The Morgan fingerprint density at radius 3 is 2.29 bits per heavy atom. The van der Waals surface area contributed by atoms with E-state index >= 15 is 0 Å². The normalized spacial score (nSPS) is 9.76. The standard InChI is InChI=1S/C13H7ClFNS/c14-11-4-1-9(2-5-11)10-3-6-13(16-8-17)12(15)7-10/h1-7H. The second-order valence-electron chi connectivity index (χ2n) is 3.38. The highest BCUT2D eigenvalue weighted by Gasteiger charge is 2.04. The predicted octanol–water partition coefficient (Wildman–Crippen LogP) is 4.88. The van der Waals surface area contributed by atoms with Crippen molar-refractivity contribution in [1.82, 2.24) is 0 Å². The van der Waals surface area contributed by atoms with E-state index in [1.165, 1.54) is 6.07 Å². The van der Waals surface area contributed by atoms with Crippen molar-refractivity contribution in [2.24, 2.45) is 4.99 Å². The molecule has 0 aliphatic carbocycles. The third kappa shape index (κ3) is 2.77. The van der Waals surface area contributed by atoms with Crippen LogP contribution < -0.4 is 0 Å². The summed E-state index contributed by atoms with van der Waals surface area (Å²) in [6.07, 6.45) is 0. The molecule has 0 unspecified atom stereocenters. The van der Waals surface area contributed by atoms with Crippen LogP contribution in [0, 0.1) is 5.82 Å². The number of isothiocyanates is 1. The summed E-state index contributed by atoms with van der Waals surface area (Å²) >= 11 is 10.2. The summed E-state index contributed by atoms with van der Waals surface area (Å²) in [6.45, 7) is 0. The molecule has 0 heterocycles. The maximum atomic E-state index is 13.6. The molecule has 0 radical (unpaired) electrons. The first-order valence-corrected chi connectivity index (χ1v) is 5.62. The van der Waals surface area contributed by atoms with E-state index < -0.39 is 5.82 Å². The lowest BCUT2D eigenvalue weighted by atomic mass is 10.1. The lowest BCUT2D eigenvalue weighted by Crippen LogP contribution is -1.81. The number of hydrogen-bond acceptors (Lipinski definition) is 2. The van der Waals surface area contributed by atoms with Gasteiger partial charge >= 0.3 is 0 Å². The molecular weight excluding hydrogens is 257 g/mol. The highest BCUT2D eigenvalue weighted by molar-refractivity contribution is 7.78. The zero-order valence-electron chi connectivity index (χ0n) is 8.65. The van der Waals surface area contributed by atoms with Crippen LogP contribution in [0.2, 0.25) is 5.02 Å². The van der Waals surface area contributed by atoms with Gasteiger partial charge < -0.3 is 0 Å². The van der Waals surface area contributed by atoms with Crippen molar-refractivity contribution in [1.29, 1.82) is 0 Å². The molecule has 0 aromatic heterocycles. The van der Waals surface area contributed by atoms with Crippen LogP contribution in [0.1, 0.15) is 0 Å². The fraction of sp³-hybridized carbons (Fsp3) is 0. The summed E-state index contributed by atoms with van der Waals surface area (Å²) in [5, 5.41) is 2.79. The van der Waals surface area contributed by atoms with Crippen LogP contribution in [-0.2, 0) is 0 Å². The van der Waals surface area contributed by atoms with Crippen molar-refractivity contribution in [2.45, 2.75) is 0 Å². The van der Waals surface area contributed by atoms with E-state index in [1.807, 2.05) is 12.1 Å². The van der Waals surface area contributed by atoms with Crippen LogP contribution in [0.3, 0.4) is 0 Å². The van der Waals surface area contributed by atoms with Gasteiger partial charge in [-0.05, 0) is 47.6 Å². The van der Waals surface area contributed by atoms with E-state index in [-0.39, 0.29) is 5.69 Å². The van der Waals surface area contributed by atoms with Crippen molar-refractivity contribution >= 4 is 34.7 Å². The Morgan fingerprint density at radius 1 is 1.06 bits per heavy atom. The fourth-order valence-corrected chi connectivity index (χ4v) is 1.69. The SMILES string of the molecule is Fc1cc(-c2ccc(Cl)cc2)ccc1N=C=S. The van der Waals surface area contributed by atoms with Crippen LogP contribution in [0.15, 0.2) is 47.5 Å². The Balaban J connectivity index is 2.44. The Bertz CT molecular complexity index is 589. The van der Waals surface area contributed by atoms with E-state index in [1.54, 1.807) is 24.3 Å². The van der Waals surface area contributed by atoms with Crippen molar-refractivity contribution in [3.8, 4) is 11.1 Å². The molecule has 0 saturated heterocycles. The van der Waals surface area contributed by atoms with Gasteiger partial charge in [0.15, 0.2) is 0 Å². The molecule has 2 aromatic carbocycles. The van der Waals surface area contributed by atoms with Crippen molar-refractivity contribution in [2.75, 3.05) is 0 Å². The third-order valence-corrected chi connectivity index (χ3v) is 2.63. The van der Waals surface area contributed by atoms with Crippen molar-refractivity contribution in [3.63, 3.8) is 0 Å². The van der Waals surface area contributed by atoms with Crippen molar-refractivity contribution in [3.05, 3.63) is 53.3 Å². The second-order valence-corrected chi connectivity index (χ2v) is 4.00. The van der Waals surface area contributed by atoms with E-state index in [9.17, 15) is 4.39 Å². The van der Waals surface area contributed by atoms with Crippen LogP contribution in [-0.4, -0.2) is 5.16 Å². The molecule has 0 atom stereocenters. The second kappa shape index (κ2) is 5.19. The van der Waals surface area contributed by atoms with Gasteiger partial charge in [-0.15, -0.1) is 0 Å². The smallest absolute Gasteiger partial charge is 0.150 e. The predicted molar refractivity (Wildman–Crippen MR) is 71.5 cm³/mol. The molecule has 0 aliphatic rings. The highest BCUT2D eigenvalue weighted by Crippen LogP contribution is 2.26. The Kier molecular flexibility index (Phi) is 3.64. The molecular formula is C13H7ClFNS. The summed E-state index contributed by atoms with van der Waals surface area (Å²) in [5.74, 6) is -0.421. The average Bonchev–Trinajstić information content (AvgIpc) is 2.33. The molecule has 0 saturated carbocycles. The Morgan fingerprint density at radius 2 is 1.71 bits per heavy atom. The summed E-state index contributed by atoms with van der Waals surface area (Å²) in [6, 6.07) is 11.9. The topological polar surface area (TPSA) is 12.4 Å². The van der Waals surface area contributed by atoms with E-state index in [2.05, 4.69) is 22.4 Å². The van der Waals surface area contributed by atoms with Gasteiger partial charge in [-0.25, -0.2) is 4.39 Å². The van der Waals surface area contributed by atoms with Gasteiger partial charge in [0.25, 0.3) is 0 Å². The van der Waals surface area contributed by atoms with Gasteiger partial charge in [0, 0.05) is 5.02 Å². The maximum absolute atomic E-state index is 13.6. The summed E-state index contributed by atoms with van der Waals surface area (Å²) in [4.78, 5) is 3.62. The third-order valence-electron chi connectivity index (χ3n) is 2.29. The molecule has 84 valence electrons. The van der Waals surface area contributed by atoms with Crippen molar-refractivity contribution < 1.29 is 4.39 Å². The van der Waals surface area contributed by atoms with Gasteiger partial charge in [0.2, 0.25) is 0 Å². The zero-order valence-corrected chi connectivity index (χ0v) is 10.2. The molecule has 2 rings (SSSR count). The van der Waals surface area contributed by atoms with Gasteiger partial charge in [-0.2, -0.15) is 4.99 Å². The number of nitrogens with zero attached hydrogens (tertiary/aromatic N) is 1. The molecule has 0 fully saturated rings. The van der Waals surface area contributed by atoms with Gasteiger partial charge in [0.05, 0.1) is 5.16 Å². The van der Waals surface area contributed by atoms with E-state index in [0.717, 1.165) is 11.1 Å². The first-order chi connectivity index (χ1) is 8.20. The molecule has 0 N–H and O–H groups in total. The molecule has 0 bridgehead atoms. The molecule has 0 aliphatic heterocycles.